The summed E-state index contributed by atoms with van der Waals surface area (Å²) in [5, 5.41) is 2.97. The van der Waals surface area contributed by atoms with Gasteiger partial charge in [-0.1, -0.05) is 48.5 Å². The van der Waals surface area contributed by atoms with Crippen molar-refractivity contribution < 1.29 is 14.3 Å². The summed E-state index contributed by atoms with van der Waals surface area (Å²) in [6.45, 7) is 0. The fourth-order valence-electron chi connectivity index (χ4n) is 2.92. The smallest absolute Gasteiger partial charge is 0.248 e. The van der Waals surface area contributed by atoms with Gasteiger partial charge in [0.1, 0.15) is 11.5 Å². The highest BCUT2D eigenvalue weighted by Crippen LogP contribution is 2.25. The van der Waals surface area contributed by atoms with Gasteiger partial charge in [0.25, 0.3) is 0 Å². The van der Waals surface area contributed by atoms with Gasteiger partial charge in [-0.15, -0.1) is 0 Å². The molecule has 3 rings (SSSR count). The molecule has 0 saturated heterocycles. The number of carbonyl (C=O) groups excluding carboxylic acids is 1. The van der Waals surface area contributed by atoms with Crippen LogP contribution in [-0.2, 0) is 11.2 Å². The molecule has 0 unspecified atom stereocenters. The van der Waals surface area contributed by atoms with Crippen LogP contribution >= 0.6 is 0 Å². The maximum atomic E-state index is 12.5. The van der Waals surface area contributed by atoms with Gasteiger partial charge in [-0.3, -0.25) is 4.79 Å². The summed E-state index contributed by atoms with van der Waals surface area (Å²) >= 11 is 0. The van der Waals surface area contributed by atoms with Crippen LogP contribution in [0.15, 0.2) is 78.9 Å². The minimum atomic E-state index is -0.203. The summed E-state index contributed by atoms with van der Waals surface area (Å²) < 4.78 is 10.6. The Morgan fingerprint density at radius 3 is 2.43 bits per heavy atom. The van der Waals surface area contributed by atoms with E-state index in [1.54, 1.807) is 20.3 Å². The molecule has 0 bridgehead atoms. The minimum absolute atomic E-state index is 0.203. The zero-order valence-electron chi connectivity index (χ0n) is 16.0. The molecule has 0 fully saturated rings. The zero-order chi connectivity index (χ0) is 19.8. The fraction of sp³-hybridized carbons (Fsp3) is 0.125. The van der Waals surface area contributed by atoms with Crippen molar-refractivity contribution in [3.63, 3.8) is 0 Å². The van der Waals surface area contributed by atoms with Crippen LogP contribution in [0.5, 0.6) is 11.5 Å². The fourth-order valence-corrected chi connectivity index (χ4v) is 2.92. The molecule has 4 nitrogen and oxygen atoms in total. The van der Waals surface area contributed by atoms with Crippen molar-refractivity contribution >= 4 is 17.7 Å². The van der Waals surface area contributed by atoms with Crippen LogP contribution in [0.4, 0.5) is 5.69 Å². The highest BCUT2D eigenvalue weighted by molar-refractivity contribution is 6.02. The standard InChI is InChI=1S/C24H23NO3/c1-27-21-13-14-23(28-2)20(17-21)12-15-24(26)25-22-11-7-6-10-19(22)16-18-8-4-3-5-9-18/h3-15,17H,16H2,1-2H3,(H,25,26)/b15-12+. The Labute approximate surface area is 165 Å². The van der Waals surface area contributed by atoms with Crippen LogP contribution in [0.3, 0.4) is 0 Å². The molecular formula is C24H23NO3. The third kappa shape index (κ3) is 5.01. The van der Waals surface area contributed by atoms with Gasteiger partial charge in [0, 0.05) is 17.3 Å². The van der Waals surface area contributed by atoms with Gasteiger partial charge in [0.2, 0.25) is 5.91 Å². The van der Waals surface area contributed by atoms with E-state index in [-0.39, 0.29) is 5.91 Å². The van der Waals surface area contributed by atoms with E-state index in [0.717, 1.165) is 23.2 Å². The van der Waals surface area contributed by atoms with Crippen LogP contribution in [0.1, 0.15) is 16.7 Å². The summed E-state index contributed by atoms with van der Waals surface area (Å²) in [6.07, 6.45) is 3.97. The summed E-state index contributed by atoms with van der Waals surface area (Å²) in [7, 11) is 3.20. The zero-order valence-corrected chi connectivity index (χ0v) is 16.0. The summed E-state index contributed by atoms with van der Waals surface area (Å²) in [4.78, 5) is 12.5. The molecule has 0 aliphatic carbocycles. The molecule has 142 valence electrons. The average molecular weight is 373 g/mol. The van der Waals surface area contributed by atoms with Gasteiger partial charge in [-0.2, -0.15) is 0 Å². The molecule has 0 heterocycles. The van der Waals surface area contributed by atoms with Gasteiger partial charge < -0.3 is 14.8 Å². The molecule has 3 aromatic rings. The van der Waals surface area contributed by atoms with Crippen molar-refractivity contribution in [2.45, 2.75) is 6.42 Å². The summed E-state index contributed by atoms with van der Waals surface area (Å²) in [5.74, 6) is 1.17. The number of hydrogen-bond acceptors (Lipinski definition) is 3. The predicted molar refractivity (Wildman–Crippen MR) is 113 cm³/mol. The second-order valence-corrected chi connectivity index (χ2v) is 6.25. The molecule has 0 aliphatic heterocycles. The summed E-state index contributed by atoms with van der Waals surface area (Å²) in [6, 6.07) is 23.5. The molecule has 0 saturated carbocycles. The molecular weight excluding hydrogens is 350 g/mol. The monoisotopic (exact) mass is 373 g/mol. The molecule has 28 heavy (non-hydrogen) atoms. The topological polar surface area (TPSA) is 47.6 Å². The van der Waals surface area contributed by atoms with Gasteiger partial charge >= 0.3 is 0 Å². The van der Waals surface area contributed by atoms with Crippen LogP contribution < -0.4 is 14.8 Å². The molecule has 3 aromatic carbocycles. The number of amides is 1. The third-order valence-corrected chi connectivity index (χ3v) is 4.36. The third-order valence-electron chi connectivity index (χ3n) is 4.36. The Hall–Kier alpha value is -3.53. The van der Waals surface area contributed by atoms with Crippen LogP contribution in [0.2, 0.25) is 0 Å². The number of para-hydroxylation sites is 1. The Bertz CT molecular complexity index is 965. The number of rotatable bonds is 7. The SMILES string of the molecule is COc1ccc(OC)c(/C=C/C(=O)Nc2ccccc2Cc2ccccc2)c1. The highest BCUT2D eigenvalue weighted by atomic mass is 16.5. The molecule has 0 aromatic heterocycles. The van der Waals surface area contributed by atoms with E-state index in [2.05, 4.69) is 17.4 Å². The first-order valence-electron chi connectivity index (χ1n) is 9.02. The Morgan fingerprint density at radius 2 is 1.68 bits per heavy atom. The van der Waals surface area contributed by atoms with Gasteiger partial charge in [-0.05, 0) is 47.9 Å². The number of hydrogen-bond donors (Lipinski definition) is 1. The number of anilines is 1. The lowest BCUT2D eigenvalue weighted by Crippen LogP contribution is -2.10. The molecule has 0 spiro atoms. The van der Waals surface area contributed by atoms with E-state index >= 15 is 0 Å². The highest BCUT2D eigenvalue weighted by Gasteiger charge is 2.07. The number of ether oxygens (including phenoxy) is 2. The minimum Gasteiger partial charge on any atom is -0.497 e. The number of carbonyl (C=O) groups is 1. The maximum absolute atomic E-state index is 12.5. The lowest BCUT2D eigenvalue weighted by atomic mass is 10.0. The average Bonchev–Trinajstić information content (AvgIpc) is 2.74. The second-order valence-electron chi connectivity index (χ2n) is 6.25. The van der Waals surface area contributed by atoms with E-state index in [0.29, 0.717) is 11.5 Å². The molecule has 0 radical (unpaired) electrons. The first kappa shape index (κ1) is 19.2. The Morgan fingerprint density at radius 1 is 0.929 bits per heavy atom. The van der Waals surface area contributed by atoms with Gasteiger partial charge in [-0.25, -0.2) is 0 Å². The molecule has 1 amide bonds. The van der Waals surface area contributed by atoms with Crippen molar-refractivity contribution in [1.82, 2.24) is 0 Å². The first-order valence-corrected chi connectivity index (χ1v) is 9.02. The van der Waals surface area contributed by atoms with Gasteiger partial charge in [0.15, 0.2) is 0 Å². The maximum Gasteiger partial charge on any atom is 0.248 e. The van der Waals surface area contributed by atoms with Crippen LogP contribution in [-0.4, -0.2) is 20.1 Å². The van der Waals surface area contributed by atoms with Crippen LogP contribution in [0.25, 0.3) is 6.08 Å². The van der Waals surface area contributed by atoms with Crippen molar-refractivity contribution in [3.05, 3.63) is 95.6 Å². The molecule has 4 heteroatoms. The van der Waals surface area contributed by atoms with Crippen molar-refractivity contribution in [3.8, 4) is 11.5 Å². The van der Waals surface area contributed by atoms with E-state index in [4.69, 9.17) is 9.47 Å². The lowest BCUT2D eigenvalue weighted by Gasteiger charge is -2.10. The second kappa shape index (κ2) is 9.42. The predicted octanol–water partition coefficient (Wildman–Crippen LogP) is 4.95. The number of methoxy groups -OCH3 is 2. The largest absolute Gasteiger partial charge is 0.497 e. The Balaban J connectivity index is 1.74. The molecule has 0 aliphatic rings. The van der Waals surface area contributed by atoms with Crippen LogP contribution in [0, 0.1) is 0 Å². The van der Waals surface area contributed by atoms with Crippen molar-refractivity contribution in [1.29, 1.82) is 0 Å². The number of benzene rings is 3. The first-order chi connectivity index (χ1) is 13.7. The Kier molecular flexibility index (Phi) is 6.47. The van der Waals surface area contributed by atoms with Crippen molar-refractivity contribution in [2.75, 3.05) is 19.5 Å². The van der Waals surface area contributed by atoms with Crippen molar-refractivity contribution in [2.24, 2.45) is 0 Å². The number of nitrogens with one attached hydrogen (secondary N) is 1. The van der Waals surface area contributed by atoms with E-state index in [1.165, 1.54) is 11.6 Å². The quantitative estimate of drug-likeness (QED) is 0.596. The van der Waals surface area contributed by atoms with Gasteiger partial charge in [0.05, 0.1) is 14.2 Å². The lowest BCUT2D eigenvalue weighted by molar-refractivity contribution is -0.111. The molecule has 1 N–H and O–H groups in total. The normalized spacial score (nSPS) is 10.6. The van der Waals surface area contributed by atoms with E-state index in [9.17, 15) is 4.79 Å². The summed E-state index contributed by atoms with van der Waals surface area (Å²) in [5.41, 5.74) is 3.84. The van der Waals surface area contributed by atoms with E-state index < -0.39 is 0 Å². The molecule has 0 atom stereocenters. The van der Waals surface area contributed by atoms with E-state index in [1.807, 2.05) is 60.7 Å².